The van der Waals surface area contributed by atoms with Gasteiger partial charge in [0.15, 0.2) is 24.9 Å². The number of hydrogen-bond acceptors (Lipinski definition) is 11. The zero-order chi connectivity index (χ0) is 21.3. The van der Waals surface area contributed by atoms with Gasteiger partial charge in [0.05, 0.1) is 0 Å². The molecule has 0 aliphatic carbocycles. The van der Waals surface area contributed by atoms with E-state index in [0.29, 0.717) is 24.5 Å². The third kappa shape index (κ3) is 5.69. The first kappa shape index (κ1) is 21.1. The molecule has 11 nitrogen and oxygen atoms in total. The van der Waals surface area contributed by atoms with Crippen molar-refractivity contribution < 1.29 is 28.1 Å². The van der Waals surface area contributed by atoms with Crippen molar-refractivity contribution in [3.05, 3.63) is 53.0 Å². The Morgan fingerprint density at radius 2 is 1.27 bits per heavy atom. The van der Waals surface area contributed by atoms with Crippen LogP contribution in [0.2, 0.25) is 0 Å². The highest BCUT2D eigenvalue weighted by Gasteiger charge is 2.17. The molecule has 0 radical (unpaired) electrons. The van der Waals surface area contributed by atoms with E-state index in [9.17, 15) is 9.59 Å². The maximum Gasteiger partial charge on any atom is 0.357 e. The van der Waals surface area contributed by atoms with Gasteiger partial charge in [-0.25, -0.2) is 14.6 Å². The van der Waals surface area contributed by atoms with E-state index in [1.54, 1.807) is 0 Å². The molecule has 0 aliphatic rings. The Morgan fingerprint density at radius 3 is 1.70 bits per heavy atom. The van der Waals surface area contributed by atoms with Crippen LogP contribution in [-0.2, 0) is 35.5 Å². The Kier molecular flexibility index (Phi) is 7.19. The third-order valence-corrected chi connectivity index (χ3v) is 3.79. The molecule has 0 N–H and O–H groups in total. The maximum atomic E-state index is 12.2. The lowest BCUT2D eigenvalue weighted by Crippen LogP contribution is -2.13. The van der Waals surface area contributed by atoms with E-state index in [2.05, 4.69) is 25.3 Å². The molecule has 3 heterocycles. The van der Waals surface area contributed by atoms with Crippen molar-refractivity contribution in [3.63, 3.8) is 0 Å². The number of aromatic nitrogens is 5. The SMILES string of the molecule is CCCc1noc(COC(=O)c2cccc(C(=O)OCc3nc(CCC)no3)n2)n1. The number of carbonyl (C=O) groups excluding carboxylic acids is 2. The van der Waals surface area contributed by atoms with Crippen molar-refractivity contribution in [1.29, 1.82) is 0 Å². The Balaban J connectivity index is 1.54. The summed E-state index contributed by atoms with van der Waals surface area (Å²) in [6.07, 6.45) is 3.09. The van der Waals surface area contributed by atoms with Crippen LogP contribution in [0.5, 0.6) is 0 Å². The molecule has 3 aromatic rings. The molecule has 3 rings (SSSR count). The molecule has 0 aromatic carbocycles. The largest absolute Gasteiger partial charge is 0.451 e. The van der Waals surface area contributed by atoms with Crippen molar-refractivity contribution in [2.45, 2.75) is 52.7 Å². The molecule has 0 bridgehead atoms. The van der Waals surface area contributed by atoms with E-state index in [0.717, 1.165) is 12.8 Å². The molecule has 0 aliphatic heterocycles. The topological polar surface area (TPSA) is 143 Å². The minimum atomic E-state index is -0.735. The fourth-order valence-electron chi connectivity index (χ4n) is 2.41. The summed E-state index contributed by atoms with van der Waals surface area (Å²) in [5.41, 5.74) is -0.110. The molecule has 30 heavy (non-hydrogen) atoms. The van der Waals surface area contributed by atoms with Gasteiger partial charge < -0.3 is 18.5 Å². The molecule has 0 unspecified atom stereocenters. The molecule has 3 aromatic heterocycles. The third-order valence-electron chi connectivity index (χ3n) is 3.79. The van der Waals surface area contributed by atoms with Gasteiger partial charge in [-0.2, -0.15) is 9.97 Å². The van der Waals surface area contributed by atoms with Crippen LogP contribution in [0.15, 0.2) is 27.2 Å². The summed E-state index contributed by atoms with van der Waals surface area (Å²) in [5.74, 6) is -0.000292. The first-order chi connectivity index (χ1) is 14.6. The minimum absolute atomic E-state index is 0.0548. The van der Waals surface area contributed by atoms with Crippen molar-refractivity contribution in [2.75, 3.05) is 0 Å². The summed E-state index contributed by atoms with van der Waals surface area (Å²) in [6, 6.07) is 4.34. The van der Waals surface area contributed by atoms with Gasteiger partial charge in [0.1, 0.15) is 11.4 Å². The van der Waals surface area contributed by atoms with Crippen molar-refractivity contribution in [2.24, 2.45) is 0 Å². The molecular formula is C19H21N5O6. The number of ether oxygens (including phenoxy) is 2. The lowest BCUT2D eigenvalue weighted by Gasteiger charge is -2.04. The number of esters is 2. The lowest BCUT2D eigenvalue weighted by molar-refractivity contribution is 0.0412. The molecule has 0 atom stereocenters. The minimum Gasteiger partial charge on any atom is -0.451 e. The monoisotopic (exact) mass is 415 g/mol. The maximum absolute atomic E-state index is 12.2. The molecular weight excluding hydrogens is 394 g/mol. The van der Waals surface area contributed by atoms with Crippen LogP contribution in [0, 0.1) is 0 Å². The number of carbonyl (C=O) groups is 2. The van der Waals surface area contributed by atoms with Crippen LogP contribution in [0.3, 0.4) is 0 Å². The zero-order valence-electron chi connectivity index (χ0n) is 16.7. The fourth-order valence-corrected chi connectivity index (χ4v) is 2.41. The smallest absolute Gasteiger partial charge is 0.357 e. The van der Waals surface area contributed by atoms with E-state index in [-0.39, 0.29) is 36.4 Å². The van der Waals surface area contributed by atoms with Gasteiger partial charge >= 0.3 is 11.9 Å². The molecule has 0 saturated heterocycles. The second-order valence-corrected chi connectivity index (χ2v) is 6.27. The van der Waals surface area contributed by atoms with Crippen LogP contribution in [-0.4, -0.2) is 37.2 Å². The van der Waals surface area contributed by atoms with Gasteiger partial charge in [-0.05, 0) is 25.0 Å². The number of aryl methyl sites for hydroxylation is 2. The Hall–Kier alpha value is -3.63. The predicted molar refractivity (Wildman–Crippen MR) is 99.1 cm³/mol. The van der Waals surface area contributed by atoms with E-state index < -0.39 is 11.9 Å². The molecule has 11 heteroatoms. The summed E-state index contributed by atoms with van der Waals surface area (Å²) in [7, 11) is 0. The first-order valence-electron chi connectivity index (χ1n) is 9.53. The van der Waals surface area contributed by atoms with Crippen LogP contribution in [0.4, 0.5) is 0 Å². The highest BCUT2D eigenvalue weighted by Crippen LogP contribution is 2.08. The average Bonchev–Trinajstić information content (AvgIpc) is 3.40. The van der Waals surface area contributed by atoms with E-state index >= 15 is 0 Å². The summed E-state index contributed by atoms with van der Waals surface area (Å²) in [5, 5.41) is 7.56. The van der Waals surface area contributed by atoms with Crippen LogP contribution >= 0.6 is 0 Å². The summed E-state index contributed by atoms with van der Waals surface area (Å²) in [4.78, 5) is 36.6. The molecule has 0 amide bonds. The van der Waals surface area contributed by atoms with Gasteiger partial charge in [-0.15, -0.1) is 0 Å². The van der Waals surface area contributed by atoms with Crippen LogP contribution in [0.25, 0.3) is 0 Å². The lowest BCUT2D eigenvalue weighted by atomic mass is 10.3. The quantitative estimate of drug-likeness (QED) is 0.450. The Bertz CT molecular complexity index is 923. The highest BCUT2D eigenvalue weighted by molar-refractivity contribution is 5.91. The van der Waals surface area contributed by atoms with Crippen molar-refractivity contribution >= 4 is 11.9 Å². The zero-order valence-corrected chi connectivity index (χ0v) is 16.7. The second kappa shape index (κ2) is 10.2. The van der Waals surface area contributed by atoms with Crippen molar-refractivity contribution in [3.8, 4) is 0 Å². The van der Waals surface area contributed by atoms with Crippen LogP contribution in [0.1, 0.15) is 71.1 Å². The standard InChI is InChI=1S/C19H21N5O6/c1-3-6-14-21-16(29-23-14)10-27-18(25)12-8-5-9-13(20-12)19(26)28-11-17-22-15(7-4-2)24-30-17/h5,8-9H,3-4,6-7,10-11H2,1-2H3. The number of rotatable bonds is 10. The average molecular weight is 415 g/mol. The summed E-state index contributed by atoms with van der Waals surface area (Å²) < 4.78 is 20.2. The fraction of sp³-hybridized carbons (Fsp3) is 0.421. The first-order valence-corrected chi connectivity index (χ1v) is 9.53. The number of hydrogen-bond donors (Lipinski definition) is 0. The Morgan fingerprint density at radius 1 is 0.800 bits per heavy atom. The number of nitrogens with zero attached hydrogens (tertiary/aromatic N) is 5. The number of pyridine rings is 1. The Labute approximate surface area is 171 Å². The molecule has 0 spiro atoms. The summed E-state index contributed by atoms with van der Waals surface area (Å²) in [6.45, 7) is 3.60. The molecule has 0 fully saturated rings. The van der Waals surface area contributed by atoms with Gasteiger partial charge in [-0.1, -0.05) is 30.2 Å². The van der Waals surface area contributed by atoms with E-state index in [1.807, 2.05) is 13.8 Å². The van der Waals surface area contributed by atoms with Crippen molar-refractivity contribution in [1.82, 2.24) is 25.3 Å². The predicted octanol–water partition coefficient (Wildman–Crippen LogP) is 2.47. The van der Waals surface area contributed by atoms with E-state index in [4.69, 9.17) is 18.5 Å². The van der Waals surface area contributed by atoms with Gasteiger partial charge in [0.25, 0.3) is 11.8 Å². The normalized spacial score (nSPS) is 10.7. The molecule has 0 saturated carbocycles. The molecule has 158 valence electrons. The van der Waals surface area contributed by atoms with Gasteiger partial charge in [-0.3, -0.25) is 0 Å². The van der Waals surface area contributed by atoms with E-state index in [1.165, 1.54) is 18.2 Å². The van der Waals surface area contributed by atoms with Crippen LogP contribution < -0.4 is 0 Å². The highest BCUT2D eigenvalue weighted by atomic mass is 16.6. The second-order valence-electron chi connectivity index (χ2n) is 6.27. The summed E-state index contributed by atoms with van der Waals surface area (Å²) >= 11 is 0. The van der Waals surface area contributed by atoms with Gasteiger partial charge in [0, 0.05) is 12.8 Å². The van der Waals surface area contributed by atoms with Gasteiger partial charge in [0.2, 0.25) is 0 Å².